The molecule has 0 aliphatic heterocycles. The number of rotatable bonds is 5. The van der Waals surface area contributed by atoms with Crippen LogP contribution in [0.1, 0.15) is 18.0 Å². The van der Waals surface area contributed by atoms with Gasteiger partial charge in [-0.25, -0.2) is 8.78 Å². The van der Waals surface area contributed by atoms with Crippen LogP contribution in [0.2, 0.25) is 0 Å². The predicted molar refractivity (Wildman–Crippen MR) is 60.1 cm³/mol. The van der Waals surface area contributed by atoms with Crippen molar-refractivity contribution in [3.63, 3.8) is 0 Å². The number of aliphatic carboxylic acids is 1. The minimum Gasteiger partial charge on any atom is -0.494 e. The first-order valence-electron chi connectivity index (χ1n) is 5.12. The third-order valence-electron chi connectivity index (χ3n) is 2.50. The minimum atomic E-state index is -1.16. The van der Waals surface area contributed by atoms with Crippen LogP contribution in [0.4, 0.5) is 8.78 Å². The predicted octanol–water partition coefficient (Wildman–Crippen LogP) is 0.775. The lowest BCUT2D eigenvalue weighted by atomic mass is 9.97. The Balaban J connectivity index is 3.02. The molecule has 2 atom stereocenters. The molecule has 18 heavy (non-hydrogen) atoms. The number of halogens is 2. The van der Waals surface area contributed by atoms with Crippen LogP contribution < -0.4 is 16.2 Å². The molecule has 1 aromatic rings. The zero-order valence-corrected chi connectivity index (χ0v) is 9.69. The lowest BCUT2D eigenvalue weighted by Crippen LogP contribution is -2.36. The van der Waals surface area contributed by atoms with Crippen LogP contribution in [0.3, 0.4) is 0 Å². The van der Waals surface area contributed by atoms with Gasteiger partial charge in [0.05, 0.1) is 13.5 Å². The lowest BCUT2D eigenvalue weighted by Gasteiger charge is -2.19. The van der Waals surface area contributed by atoms with E-state index in [-0.39, 0.29) is 11.3 Å². The Morgan fingerprint density at radius 3 is 2.50 bits per heavy atom. The van der Waals surface area contributed by atoms with Crippen molar-refractivity contribution in [3.8, 4) is 5.75 Å². The molecule has 2 unspecified atom stereocenters. The van der Waals surface area contributed by atoms with E-state index >= 15 is 0 Å². The molecule has 0 aromatic heterocycles. The number of nitrogens with two attached hydrogens (primary N) is 2. The molecule has 1 rings (SSSR count). The molecule has 1 aromatic carbocycles. The second kappa shape index (κ2) is 5.74. The third-order valence-corrected chi connectivity index (χ3v) is 2.50. The second-order valence-electron chi connectivity index (χ2n) is 3.80. The monoisotopic (exact) mass is 260 g/mol. The summed E-state index contributed by atoms with van der Waals surface area (Å²) < 4.78 is 31.7. The fraction of sp³-hybridized carbons (Fsp3) is 0.364. The van der Waals surface area contributed by atoms with Crippen LogP contribution in [0.15, 0.2) is 12.1 Å². The van der Waals surface area contributed by atoms with Gasteiger partial charge in [0.2, 0.25) is 0 Å². The van der Waals surface area contributed by atoms with Gasteiger partial charge in [0.25, 0.3) is 0 Å². The summed E-state index contributed by atoms with van der Waals surface area (Å²) in [6.07, 6.45) is -0.436. The van der Waals surface area contributed by atoms with Gasteiger partial charge in [0.15, 0.2) is 11.6 Å². The lowest BCUT2D eigenvalue weighted by molar-refractivity contribution is -0.137. The van der Waals surface area contributed by atoms with E-state index in [9.17, 15) is 13.6 Å². The van der Waals surface area contributed by atoms with Gasteiger partial charge >= 0.3 is 5.97 Å². The van der Waals surface area contributed by atoms with E-state index in [1.165, 1.54) is 7.11 Å². The van der Waals surface area contributed by atoms with Gasteiger partial charge in [-0.05, 0) is 6.07 Å². The quantitative estimate of drug-likeness (QED) is 0.726. The number of methoxy groups -OCH3 is 1. The molecule has 0 radical (unpaired) electrons. The van der Waals surface area contributed by atoms with E-state index in [1.54, 1.807) is 0 Å². The summed E-state index contributed by atoms with van der Waals surface area (Å²) in [5, 5.41) is 8.56. The summed E-state index contributed by atoms with van der Waals surface area (Å²) in [4.78, 5) is 10.5. The second-order valence-corrected chi connectivity index (χ2v) is 3.80. The minimum absolute atomic E-state index is 0.179. The maximum atomic E-state index is 13.6. The normalized spacial score (nSPS) is 14.1. The molecule has 0 heterocycles. The van der Waals surface area contributed by atoms with Gasteiger partial charge in [-0.15, -0.1) is 0 Å². The fourth-order valence-electron chi connectivity index (χ4n) is 1.52. The van der Waals surface area contributed by atoms with Gasteiger partial charge in [0.1, 0.15) is 5.82 Å². The third kappa shape index (κ3) is 3.14. The molecule has 5 nitrogen and oxygen atoms in total. The highest BCUT2D eigenvalue weighted by Gasteiger charge is 2.23. The van der Waals surface area contributed by atoms with Gasteiger partial charge in [0, 0.05) is 23.7 Å². The number of ether oxygens (including phenoxy) is 1. The average molecular weight is 260 g/mol. The van der Waals surface area contributed by atoms with E-state index in [0.717, 1.165) is 12.1 Å². The number of hydrogen-bond donors (Lipinski definition) is 3. The van der Waals surface area contributed by atoms with E-state index < -0.39 is 36.1 Å². The highest BCUT2D eigenvalue weighted by molar-refractivity contribution is 5.67. The van der Waals surface area contributed by atoms with Crippen LogP contribution >= 0.6 is 0 Å². The van der Waals surface area contributed by atoms with Crippen molar-refractivity contribution in [3.05, 3.63) is 29.3 Å². The van der Waals surface area contributed by atoms with E-state index in [2.05, 4.69) is 4.74 Å². The average Bonchev–Trinajstić information content (AvgIpc) is 2.29. The van der Waals surface area contributed by atoms with Crippen LogP contribution in [0.5, 0.6) is 5.75 Å². The van der Waals surface area contributed by atoms with Crippen molar-refractivity contribution < 1.29 is 23.4 Å². The fourth-order valence-corrected chi connectivity index (χ4v) is 1.52. The van der Waals surface area contributed by atoms with Crippen LogP contribution in [0.25, 0.3) is 0 Å². The molecule has 7 heteroatoms. The maximum absolute atomic E-state index is 13.6. The van der Waals surface area contributed by atoms with E-state index in [0.29, 0.717) is 0 Å². The summed E-state index contributed by atoms with van der Waals surface area (Å²) in [5.41, 5.74) is 10.9. The summed E-state index contributed by atoms with van der Waals surface area (Å²) >= 11 is 0. The molecule has 100 valence electrons. The van der Waals surface area contributed by atoms with Crippen molar-refractivity contribution >= 4 is 5.97 Å². The first-order chi connectivity index (χ1) is 8.36. The number of carboxylic acids is 1. The Morgan fingerprint density at radius 2 is 2.00 bits per heavy atom. The SMILES string of the molecule is COc1cc(F)c(C(N)C(N)CC(=O)O)cc1F. The van der Waals surface area contributed by atoms with Gasteiger partial charge in [-0.1, -0.05) is 0 Å². The highest BCUT2D eigenvalue weighted by atomic mass is 19.1. The summed E-state index contributed by atoms with van der Waals surface area (Å²) in [6.45, 7) is 0. The molecule has 0 aliphatic rings. The van der Waals surface area contributed by atoms with Crippen molar-refractivity contribution in [1.82, 2.24) is 0 Å². The van der Waals surface area contributed by atoms with Crippen LogP contribution in [-0.2, 0) is 4.79 Å². The molecular formula is C11H14F2N2O3. The standard InChI is InChI=1S/C11H14F2N2O3/c1-18-9-3-6(12)5(2-7(9)13)11(15)8(14)4-10(16)17/h2-3,8,11H,4,14-15H2,1H3,(H,16,17). The van der Waals surface area contributed by atoms with Crippen molar-refractivity contribution in [2.45, 2.75) is 18.5 Å². The van der Waals surface area contributed by atoms with Crippen LogP contribution in [-0.4, -0.2) is 24.2 Å². The Morgan fingerprint density at radius 1 is 1.39 bits per heavy atom. The number of carbonyl (C=O) groups is 1. The van der Waals surface area contributed by atoms with Crippen LogP contribution in [0, 0.1) is 11.6 Å². The summed E-state index contributed by atoms with van der Waals surface area (Å²) in [6, 6.07) is -0.412. The maximum Gasteiger partial charge on any atom is 0.304 e. The molecule has 0 aliphatic carbocycles. The van der Waals surface area contributed by atoms with E-state index in [1.807, 2.05) is 0 Å². The largest absolute Gasteiger partial charge is 0.494 e. The Labute approximate surface area is 102 Å². The highest BCUT2D eigenvalue weighted by Crippen LogP contribution is 2.26. The molecule has 0 fully saturated rings. The zero-order chi connectivity index (χ0) is 13.9. The smallest absolute Gasteiger partial charge is 0.304 e. The molecular weight excluding hydrogens is 246 g/mol. The molecule has 0 spiro atoms. The zero-order valence-electron chi connectivity index (χ0n) is 9.69. The Bertz CT molecular complexity index is 454. The van der Waals surface area contributed by atoms with Gasteiger partial charge in [-0.2, -0.15) is 0 Å². The Hall–Kier alpha value is -1.73. The number of benzene rings is 1. The topological polar surface area (TPSA) is 98.6 Å². The molecule has 0 saturated carbocycles. The van der Waals surface area contributed by atoms with Gasteiger partial charge in [-0.3, -0.25) is 4.79 Å². The van der Waals surface area contributed by atoms with Gasteiger partial charge < -0.3 is 21.3 Å². The molecule has 0 bridgehead atoms. The summed E-state index contributed by atoms with van der Waals surface area (Å²) in [5.74, 6) is -2.99. The number of hydrogen-bond acceptors (Lipinski definition) is 4. The first-order valence-corrected chi connectivity index (χ1v) is 5.12. The molecule has 0 saturated heterocycles. The Kier molecular flexibility index (Phi) is 4.57. The number of carboxylic acid groups (broad SMARTS) is 1. The summed E-state index contributed by atoms with van der Waals surface area (Å²) in [7, 11) is 1.20. The first kappa shape index (κ1) is 14.3. The van der Waals surface area contributed by atoms with Crippen molar-refractivity contribution in [2.24, 2.45) is 11.5 Å². The van der Waals surface area contributed by atoms with Crippen molar-refractivity contribution in [2.75, 3.05) is 7.11 Å². The van der Waals surface area contributed by atoms with Crippen molar-refractivity contribution in [1.29, 1.82) is 0 Å². The van der Waals surface area contributed by atoms with E-state index in [4.69, 9.17) is 16.6 Å². The molecule has 5 N–H and O–H groups in total. The molecule has 0 amide bonds.